The zero-order valence-corrected chi connectivity index (χ0v) is 24.6. The molecule has 36 heavy (non-hydrogen) atoms. The summed E-state index contributed by atoms with van der Waals surface area (Å²) in [6.07, 6.45) is -4.71. The number of nitrogens with one attached hydrogen (secondary N) is 1. The number of ether oxygens (including phenoxy) is 1. The van der Waals surface area contributed by atoms with Gasteiger partial charge >= 0.3 is 12.1 Å². The fourth-order valence-corrected chi connectivity index (χ4v) is 6.00. The minimum atomic E-state index is -4.71. The molecule has 0 unspecified atom stereocenters. The van der Waals surface area contributed by atoms with E-state index in [4.69, 9.17) is 4.74 Å². The van der Waals surface area contributed by atoms with Gasteiger partial charge in [-0.1, -0.05) is 26.0 Å². The van der Waals surface area contributed by atoms with Crippen LogP contribution >= 0.6 is 63.7 Å². The number of carbonyl (C=O) groups is 4. The average Bonchev–Trinajstić information content (AvgIpc) is 3.05. The third-order valence-electron chi connectivity index (χ3n) is 5.14. The first-order chi connectivity index (χ1) is 16.7. The minimum absolute atomic E-state index is 0.0295. The highest BCUT2D eigenvalue weighted by Gasteiger charge is 2.48. The van der Waals surface area contributed by atoms with Crippen LogP contribution in [0.25, 0.3) is 0 Å². The standard InChI is InChI=1S/C22H15Br4F3N2O5/c1-8(2)18(31-19(33)12-13(20(31)34)15(24)17(26)16(25)14(12)23)21(35)36-7-11(32)30-10-6-4-3-5-9(10)22(27,28)29/h3-6,8,18H,7H2,1-2H3,(H,30,32)/t18-/m1/s1. The molecule has 192 valence electrons. The fourth-order valence-electron chi connectivity index (χ4n) is 3.54. The average molecular weight is 764 g/mol. The largest absolute Gasteiger partial charge is 0.454 e. The Bertz CT molecular complexity index is 1240. The van der Waals surface area contributed by atoms with Crippen molar-refractivity contribution in [1.29, 1.82) is 0 Å². The molecule has 3 amide bonds. The van der Waals surface area contributed by atoms with Gasteiger partial charge in [-0.15, -0.1) is 0 Å². The Balaban J connectivity index is 1.81. The Kier molecular flexibility index (Phi) is 8.73. The lowest BCUT2D eigenvalue weighted by Crippen LogP contribution is -2.49. The number of imide groups is 1. The number of para-hydroxylation sites is 1. The Morgan fingerprint density at radius 1 is 0.944 bits per heavy atom. The molecule has 0 aliphatic carbocycles. The second-order valence-corrected chi connectivity index (χ2v) is 11.0. The van der Waals surface area contributed by atoms with E-state index in [1.165, 1.54) is 12.1 Å². The summed E-state index contributed by atoms with van der Waals surface area (Å²) in [5.41, 5.74) is -1.51. The highest BCUT2D eigenvalue weighted by molar-refractivity contribution is 9.15. The van der Waals surface area contributed by atoms with Gasteiger partial charge in [0.15, 0.2) is 6.61 Å². The molecule has 0 saturated carbocycles. The summed E-state index contributed by atoms with van der Waals surface area (Å²) < 4.78 is 46.0. The van der Waals surface area contributed by atoms with Gasteiger partial charge in [-0.05, 0) is 81.8 Å². The highest BCUT2D eigenvalue weighted by Crippen LogP contribution is 2.46. The molecule has 0 radical (unpaired) electrons. The van der Waals surface area contributed by atoms with E-state index < -0.39 is 59.7 Å². The van der Waals surface area contributed by atoms with Crippen molar-refractivity contribution in [2.45, 2.75) is 26.1 Å². The number of amides is 3. The van der Waals surface area contributed by atoms with Crippen LogP contribution in [0.1, 0.15) is 40.1 Å². The molecule has 0 saturated heterocycles. The topological polar surface area (TPSA) is 92.8 Å². The number of fused-ring (bicyclic) bond motifs is 1. The Morgan fingerprint density at radius 3 is 1.92 bits per heavy atom. The molecule has 1 N–H and O–H groups in total. The predicted octanol–water partition coefficient (Wildman–Crippen LogP) is 6.56. The van der Waals surface area contributed by atoms with Crippen LogP contribution < -0.4 is 5.32 Å². The fraction of sp³-hybridized carbons (Fsp3) is 0.273. The molecule has 0 bridgehead atoms. The molecule has 0 spiro atoms. The maximum Gasteiger partial charge on any atom is 0.418 e. The summed E-state index contributed by atoms with van der Waals surface area (Å²) in [5, 5.41) is 2.06. The molecule has 7 nitrogen and oxygen atoms in total. The second kappa shape index (κ2) is 10.9. The van der Waals surface area contributed by atoms with Gasteiger partial charge in [0.05, 0.1) is 22.4 Å². The predicted molar refractivity (Wildman–Crippen MR) is 137 cm³/mol. The number of anilines is 1. The van der Waals surface area contributed by atoms with Gasteiger partial charge in [-0.3, -0.25) is 19.3 Å². The zero-order valence-electron chi connectivity index (χ0n) is 18.3. The monoisotopic (exact) mass is 760 g/mol. The molecular formula is C22H15Br4F3N2O5. The summed E-state index contributed by atoms with van der Waals surface area (Å²) in [6.45, 7) is 2.22. The van der Waals surface area contributed by atoms with Gasteiger partial charge in [0.2, 0.25) is 0 Å². The maximum atomic E-state index is 13.2. The van der Waals surface area contributed by atoms with E-state index in [1.807, 2.05) is 0 Å². The van der Waals surface area contributed by atoms with Crippen molar-refractivity contribution in [2.24, 2.45) is 5.92 Å². The first-order valence-corrected chi connectivity index (χ1v) is 13.2. The lowest BCUT2D eigenvalue weighted by atomic mass is 10.0. The Labute approximate surface area is 236 Å². The molecule has 14 heteroatoms. The molecular weight excluding hydrogens is 749 g/mol. The number of alkyl halides is 3. The Morgan fingerprint density at radius 2 is 1.44 bits per heavy atom. The molecule has 3 rings (SSSR count). The highest BCUT2D eigenvalue weighted by atomic mass is 79.9. The van der Waals surface area contributed by atoms with Crippen molar-refractivity contribution in [3.8, 4) is 0 Å². The SMILES string of the molecule is CC(C)[C@H](C(=O)OCC(=O)Nc1ccccc1C(F)(F)F)N1C(=O)c2c(Br)c(Br)c(Br)c(Br)c2C1=O. The van der Waals surface area contributed by atoms with E-state index in [1.54, 1.807) is 13.8 Å². The van der Waals surface area contributed by atoms with Crippen LogP contribution in [-0.2, 0) is 20.5 Å². The van der Waals surface area contributed by atoms with Crippen molar-refractivity contribution in [2.75, 3.05) is 11.9 Å². The van der Waals surface area contributed by atoms with E-state index >= 15 is 0 Å². The molecule has 1 aliphatic rings. The second-order valence-electron chi connectivity index (χ2n) is 7.87. The zero-order chi connectivity index (χ0) is 27.1. The van der Waals surface area contributed by atoms with E-state index in [9.17, 15) is 32.3 Å². The summed E-state index contributed by atoms with van der Waals surface area (Å²) in [7, 11) is 0. The lowest BCUT2D eigenvalue weighted by Gasteiger charge is -2.27. The quantitative estimate of drug-likeness (QED) is 0.156. The van der Waals surface area contributed by atoms with Gasteiger partial charge < -0.3 is 10.1 Å². The summed E-state index contributed by atoms with van der Waals surface area (Å²) in [4.78, 5) is 52.4. The molecule has 1 heterocycles. The maximum absolute atomic E-state index is 13.2. The third kappa shape index (κ3) is 5.41. The number of nitrogens with zero attached hydrogens (tertiary/aromatic N) is 1. The molecule has 0 fully saturated rings. The number of carbonyl (C=O) groups excluding carboxylic acids is 4. The van der Waals surface area contributed by atoms with E-state index in [0.29, 0.717) is 17.9 Å². The van der Waals surface area contributed by atoms with Crippen molar-refractivity contribution < 1.29 is 37.1 Å². The number of esters is 1. The number of rotatable bonds is 6. The van der Waals surface area contributed by atoms with Gasteiger partial charge in [0, 0.05) is 17.9 Å². The van der Waals surface area contributed by atoms with Crippen LogP contribution in [0, 0.1) is 5.92 Å². The third-order valence-corrected chi connectivity index (χ3v) is 9.90. The van der Waals surface area contributed by atoms with Crippen LogP contribution in [0.4, 0.5) is 18.9 Å². The van der Waals surface area contributed by atoms with Crippen LogP contribution in [0.2, 0.25) is 0 Å². The molecule has 0 aromatic heterocycles. The molecule has 1 aliphatic heterocycles. The van der Waals surface area contributed by atoms with Gasteiger partial charge in [0.25, 0.3) is 17.7 Å². The first-order valence-electron chi connectivity index (χ1n) is 10.0. The molecule has 1 atom stereocenters. The van der Waals surface area contributed by atoms with Crippen molar-refractivity contribution in [1.82, 2.24) is 4.90 Å². The van der Waals surface area contributed by atoms with Crippen LogP contribution in [0.5, 0.6) is 0 Å². The Hall–Kier alpha value is -1.77. The number of hydrogen-bond donors (Lipinski definition) is 1. The van der Waals surface area contributed by atoms with E-state index in [2.05, 4.69) is 69.0 Å². The summed E-state index contributed by atoms with van der Waals surface area (Å²) in [5.74, 6) is -4.21. The normalized spacial score (nSPS) is 14.2. The van der Waals surface area contributed by atoms with Crippen molar-refractivity contribution >= 4 is 93.1 Å². The summed E-state index contributed by atoms with van der Waals surface area (Å²) >= 11 is 13.2. The lowest BCUT2D eigenvalue weighted by molar-refractivity contribution is -0.152. The van der Waals surface area contributed by atoms with Crippen LogP contribution in [-0.4, -0.2) is 41.2 Å². The molecule has 2 aromatic carbocycles. The van der Waals surface area contributed by atoms with E-state index in [0.717, 1.165) is 17.0 Å². The van der Waals surface area contributed by atoms with Crippen molar-refractivity contribution in [3.05, 3.63) is 58.8 Å². The smallest absolute Gasteiger partial charge is 0.418 e. The summed E-state index contributed by atoms with van der Waals surface area (Å²) in [6, 6.07) is 2.93. The van der Waals surface area contributed by atoms with Gasteiger partial charge in [0.1, 0.15) is 6.04 Å². The van der Waals surface area contributed by atoms with Gasteiger partial charge in [-0.2, -0.15) is 13.2 Å². The van der Waals surface area contributed by atoms with Crippen LogP contribution in [0.15, 0.2) is 42.2 Å². The van der Waals surface area contributed by atoms with Crippen LogP contribution in [0.3, 0.4) is 0 Å². The molecule has 2 aromatic rings. The van der Waals surface area contributed by atoms with Gasteiger partial charge in [-0.25, -0.2) is 4.79 Å². The first kappa shape index (κ1) is 28.8. The van der Waals surface area contributed by atoms with Crippen molar-refractivity contribution in [3.63, 3.8) is 0 Å². The number of halogens is 7. The number of benzene rings is 2. The minimum Gasteiger partial charge on any atom is -0.454 e. The number of hydrogen-bond acceptors (Lipinski definition) is 5. The van der Waals surface area contributed by atoms with E-state index in [-0.39, 0.29) is 11.1 Å².